The average Bonchev–Trinajstić information content (AvgIpc) is 3.11. The molecule has 0 aromatic heterocycles. The Morgan fingerprint density at radius 2 is 1.65 bits per heavy atom. The molecule has 0 bridgehead atoms. The molecule has 0 radical (unpaired) electrons. The van der Waals surface area contributed by atoms with Gasteiger partial charge in [-0.2, -0.15) is 0 Å². The van der Waals surface area contributed by atoms with Gasteiger partial charge < -0.3 is 14.7 Å². The van der Waals surface area contributed by atoms with Crippen molar-refractivity contribution in [1.82, 2.24) is 4.90 Å². The van der Waals surface area contributed by atoms with Gasteiger partial charge in [0.2, 0.25) is 0 Å². The summed E-state index contributed by atoms with van der Waals surface area (Å²) in [5.74, 6) is -2.15. The standard InChI is InChI=1S/C25H20FNO4/c26-23-20(24(28)29)10-9-15-11-12-27(13-21(15)23)25(30)31-14-22-18-7-3-1-5-16(18)17-6-2-4-8-19(17)22/h1-10,22H,11-14H2,(H,28,29). The fourth-order valence-corrected chi connectivity index (χ4v) is 4.60. The lowest BCUT2D eigenvalue weighted by Gasteiger charge is -2.29. The maximum atomic E-state index is 14.6. The second kappa shape index (κ2) is 7.54. The summed E-state index contributed by atoms with van der Waals surface area (Å²) in [6, 6.07) is 19.1. The smallest absolute Gasteiger partial charge is 0.410 e. The molecule has 5 rings (SSSR count). The second-order valence-electron chi connectivity index (χ2n) is 7.85. The van der Waals surface area contributed by atoms with Crippen LogP contribution in [0.5, 0.6) is 0 Å². The van der Waals surface area contributed by atoms with Crippen LogP contribution in [0.25, 0.3) is 11.1 Å². The number of ether oxygens (including phenoxy) is 1. The van der Waals surface area contributed by atoms with Crippen LogP contribution < -0.4 is 0 Å². The van der Waals surface area contributed by atoms with Crippen molar-refractivity contribution < 1.29 is 23.8 Å². The topological polar surface area (TPSA) is 66.8 Å². The highest BCUT2D eigenvalue weighted by atomic mass is 19.1. The van der Waals surface area contributed by atoms with E-state index >= 15 is 0 Å². The fourth-order valence-electron chi connectivity index (χ4n) is 4.60. The van der Waals surface area contributed by atoms with Crippen molar-refractivity contribution in [3.05, 3.63) is 94.3 Å². The lowest BCUT2D eigenvalue weighted by atomic mass is 9.96. The van der Waals surface area contributed by atoms with Crippen molar-refractivity contribution in [3.8, 4) is 11.1 Å². The summed E-state index contributed by atoms with van der Waals surface area (Å²) in [6.45, 7) is 0.586. The van der Waals surface area contributed by atoms with E-state index in [4.69, 9.17) is 9.84 Å². The van der Waals surface area contributed by atoms with Gasteiger partial charge in [0.15, 0.2) is 0 Å². The summed E-state index contributed by atoms with van der Waals surface area (Å²) in [7, 11) is 0. The Kier molecular flexibility index (Phi) is 4.70. The summed E-state index contributed by atoms with van der Waals surface area (Å²) >= 11 is 0. The number of carboxylic acid groups (broad SMARTS) is 1. The summed E-state index contributed by atoms with van der Waals surface area (Å²) in [5.41, 5.74) is 5.14. The van der Waals surface area contributed by atoms with Crippen molar-refractivity contribution in [2.75, 3.05) is 13.2 Å². The number of nitrogens with zero attached hydrogens (tertiary/aromatic N) is 1. The predicted molar refractivity (Wildman–Crippen MR) is 113 cm³/mol. The average molecular weight is 417 g/mol. The maximum absolute atomic E-state index is 14.6. The Bertz CT molecular complexity index is 1160. The van der Waals surface area contributed by atoms with Gasteiger partial charge in [-0.05, 0) is 40.3 Å². The lowest BCUT2D eigenvalue weighted by molar-refractivity contribution is 0.0691. The van der Waals surface area contributed by atoms with Crippen LogP contribution in [0.2, 0.25) is 0 Å². The number of carbonyl (C=O) groups is 2. The minimum atomic E-state index is -1.32. The number of carbonyl (C=O) groups excluding carboxylic acids is 1. The zero-order valence-corrected chi connectivity index (χ0v) is 16.7. The molecule has 1 aliphatic heterocycles. The fraction of sp³-hybridized carbons (Fsp3) is 0.200. The molecule has 0 unspecified atom stereocenters. The molecule has 1 heterocycles. The Morgan fingerprint density at radius 3 is 2.29 bits per heavy atom. The molecule has 3 aromatic carbocycles. The Hall–Kier alpha value is -3.67. The van der Waals surface area contributed by atoms with E-state index in [0.29, 0.717) is 13.0 Å². The van der Waals surface area contributed by atoms with Crippen LogP contribution in [0.3, 0.4) is 0 Å². The molecule has 0 spiro atoms. The van der Waals surface area contributed by atoms with E-state index in [1.165, 1.54) is 11.0 Å². The van der Waals surface area contributed by atoms with Crippen LogP contribution >= 0.6 is 0 Å². The summed E-state index contributed by atoms with van der Waals surface area (Å²) < 4.78 is 20.3. The molecule has 0 saturated carbocycles. The van der Waals surface area contributed by atoms with Crippen LogP contribution in [-0.2, 0) is 17.7 Å². The van der Waals surface area contributed by atoms with E-state index in [2.05, 4.69) is 12.1 Å². The highest BCUT2D eigenvalue weighted by molar-refractivity contribution is 5.88. The molecule has 156 valence electrons. The first-order valence-electron chi connectivity index (χ1n) is 10.2. The molecule has 2 aliphatic rings. The minimum Gasteiger partial charge on any atom is -0.478 e. The molecule has 6 heteroatoms. The first-order chi connectivity index (χ1) is 15.0. The molecular weight excluding hydrogens is 397 g/mol. The van der Waals surface area contributed by atoms with Crippen molar-refractivity contribution >= 4 is 12.1 Å². The van der Waals surface area contributed by atoms with Crippen LogP contribution in [0, 0.1) is 5.82 Å². The number of fused-ring (bicyclic) bond motifs is 4. The zero-order valence-electron chi connectivity index (χ0n) is 16.7. The van der Waals surface area contributed by atoms with Crippen LogP contribution in [0.15, 0.2) is 60.7 Å². The van der Waals surface area contributed by atoms with E-state index < -0.39 is 17.9 Å². The largest absolute Gasteiger partial charge is 0.478 e. The van der Waals surface area contributed by atoms with E-state index in [9.17, 15) is 14.0 Å². The minimum absolute atomic E-state index is 0.00103. The van der Waals surface area contributed by atoms with Gasteiger partial charge in [0, 0.05) is 18.0 Å². The van der Waals surface area contributed by atoms with Crippen LogP contribution in [0.4, 0.5) is 9.18 Å². The van der Waals surface area contributed by atoms with Gasteiger partial charge in [-0.15, -0.1) is 0 Å². The summed E-state index contributed by atoms with van der Waals surface area (Å²) in [4.78, 5) is 25.4. The van der Waals surface area contributed by atoms with E-state index in [0.717, 1.165) is 27.8 Å². The summed E-state index contributed by atoms with van der Waals surface area (Å²) in [6.07, 6.45) is -0.0660. The third-order valence-electron chi connectivity index (χ3n) is 6.16. The molecule has 0 fully saturated rings. The van der Waals surface area contributed by atoms with Crippen LogP contribution in [-0.4, -0.2) is 35.2 Å². The second-order valence-corrected chi connectivity index (χ2v) is 7.85. The third kappa shape index (κ3) is 3.24. The number of aromatic carboxylic acids is 1. The molecular formula is C25H20FNO4. The number of hydrogen-bond donors (Lipinski definition) is 1. The first kappa shape index (κ1) is 19.3. The van der Waals surface area contributed by atoms with E-state index in [-0.39, 0.29) is 30.2 Å². The highest BCUT2D eigenvalue weighted by Crippen LogP contribution is 2.44. The van der Waals surface area contributed by atoms with Gasteiger partial charge in [-0.3, -0.25) is 0 Å². The monoisotopic (exact) mass is 417 g/mol. The van der Waals surface area contributed by atoms with E-state index in [1.54, 1.807) is 6.07 Å². The first-order valence-corrected chi connectivity index (χ1v) is 10.2. The Morgan fingerprint density at radius 1 is 1.00 bits per heavy atom. The predicted octanol–water partition coefficient (Wildman–Crippen LogP) is 4.83. The third-order valence-corrected chi connectivity index (χ3v) is 6.16. The van der Waals surface area contributed by atoms with Gasteiger partial charge >= 0.3 is 12.1 Å². The molecule has 1 aliphatic carbocycles. The number of hydrogen-bond acceptors (Lipinski definition) is 3. The van der Waals surface area contributed by atoms with Gasteiger partial charge in [0.05, 0.1) is 12.1 Å². The molecule has 0 atom stereocenters. The van der Waals surface area contributed by atoms with Gasteiger partial charge in [-0.25, -0.2) is 14.0 Å². The number of halogens is 1. The van der Waals surface area contributed by atoms with Crippen molar-refractivity contribution in [2.24, 2.45) is 0 Å². The maximum Gasteiger partial charge on any atom is 0.410 e. The van der Waals surface area contributed by atoms with Crippen molar-refractivity contribution in [2.45, 2.75) is 18.9 Å². The SMILES string of the molecule is O=C(O)c1ccc2c(c1F)CN(C(=O)OCC1c3ccccc3-c3ccccc31)CC2. The number of amides is 1. The summed E-state index contributed by atoms with van der Waals surface area (Å²) in [5, 5.41) is 9.16. The van der Waals surface area contributed by atoms with Crippen molar-refractivity contribution in [3.63, 3.8) is 0 Å². The number of carboxylic acids is 1. The number of benzene rings is 3. The quantitative estimate of drug-likeness (QED) is 0.663. The molecule has 31 heavy (non-hydrogen) atoms. The number of rotatable bonds is 3. The Balaban J connectivity index is 1.33. The van der Waals surface area contributed by atoms with Crippen molar-refractivity contribution in [1.29, 1.82) is 0 Å². The molecule has 1 N–H and O–H groups in total. The van der Waals surface area contributed by atoms with E-state index in [1.807, 2.05) is 36.4 Å². The zero-order chi connectivity index (χ0) is 21.5. The molecule has 3 aromatic rings. The molecule has 0 saturated heterocycles. The van der Waals surface area contributed by atoms with Gasteiger partial charge in [0.25, 0.3) is 0 Å². The highest BCUT2D eigenvalue weighted by Gasteiger charge is 2.31. The normalized spacial score (nSPS) is 14.5. The molecule has 1 amide bonds. The van der Waals surface area contributed by atoms with Crippen LogP contribution in [0.1, 0.15) is 38.5 Å². The lowest BCUT2D eigenvalue weighted by Crippen LogP contribution is -2.37. The Labute approximate surface area is 178 Å². The molecule has 5 nitrogen and oxygen atoms in total. The van der Waals surface area contributed by atoms with Gasteiger partial charge in [0.1, 0.15) is 12.4 Å². The van der Waals surface area contributed by atoms with Gasteiger partial charge in [-0.1, -0.05) is 54.6 Å².